The third kappa shape index (κ3) is 2.12. The van der Waals surface area contributed by atoms with Gasteiger partial charge >= 0.3 is 0 Å². The highest BCUT2D eigenvalue weighted by molar-refractivity contribution is 5.91. The third-order valence-electron chi connectivity index (χ3n) is 4.15. The molecular formula is C19H20. The first kappa shape index (κ1) is 12.2. The SMILES string of the molecule is CCc1ccc2c(c1)C=C(c1cccc(C)c1)C2C. The summed E-state index contributed by atoms with van der Waals surface area (Å²) < 4.78 is 0. The Morgan fingerprint density at radius 1 is 1.05 bits per heavy atom. The minimum atomic E-state index is 0.503. The highest BCUT2D eigenvalue weighted by atomic mass is 14.3. The van der Waals surface area contributed by atoms with Gasteiger partial charge in [-0.05, 0) is 41.2 Å². The molecule has 3 rings (SSSR count). The number of fused-ring (bicyclic) bond motifs is 1. The summed E-state index contributed by atoms with van der Waals surface area (Å²) in [5, 5.41) is 0. The molecule has 1 aliphatic rings. The molecule has 0 fully saturated rings. The quantitative estimate of drug-likeness (QED) is 0.684. The van der Waals surface area contributed by atoms with E-state index in [9.17, 15) is 0 Å². The first-order chi connectivity index (χ1) is 9.19. The van der Waals surface area contributed by atoms with Gasteiger partial charge in [-0.25, -0.2) is 0 Å². The van der Waals surface area contributed by atoms with E-state index in [0.717, 1.165) is 6.42 Å². The third-order valence-corrected chi connectivity index (χ3v) is 4.15. The zero-order valence-electron chi connectivity index (χ0n) is 11.9. The molecule has 0 heterocycles. The predicted octanol–water partition coefficient (Wildman–Crippen LogP) is 5.22. The van der Waals surface area contributed by atoms with Gasteiger partial charge in [0.25, 0.3) is 0 Å². The van der Waals surface area contributed by atoms with Crippen LogP contribution >= 0.6 is 0 Å². The zero-order chi connectivity index (χ0) is 13.4. The minimum absolute atomic E-state index is 0.503. The van der Waals surface area contributed by atoms with Gasteiger partial charge in [0.1, 0.15) is 0 Å². The second kappa shape index (κ2) is 4.70. The van der Waals surface area contributed by atoms with Crippen molar-refractivity contribution in [3.63, 3.8) is 0 Å². The van der Waals surface area contributed by atoms with E-state index in [1.807, 2.05) is 0 Å². The maximum atomic E-state index is 2.37. The topological polar surface area (TPSA) is 0 Å². The maximum absolute atomic E-state index is 2.37. The van der Waals surface area contributed by atoms with Gasteiger partial charge in [-0.3, -0.25) is 0 Å². The highest BCUT2D eigenvalue weighted by Crippen LogP contribution is 2.41. The summed E-state index contributed by atoms with van der Waals surface area (Å²) in [5.41, 5.74) is 8.44. The molecular weight excluding hydrogens is 228 g/mol. The van der Waals surface area contributed by atoms with Gasteiger partial charge in [0.05, 0.1) is 0 Å². The van der Waals surface area contributed by atoms with Crippen LogP contribution in [0.2, 0.25) is 0 Å². The van der Waals surface area contributed by atoms with Crippen molar-refractivity contribution in [3.8, 4) is 0 Å². The summed E-state index contributed by atoms with van der Waals surface area (Å²) in [5.74, 6) is 0.503. The van der Waals surface area contributed by atoms with Crippen LogP contribution in [-0.4, -0.2) is 0 Å². The summed E-state index contributed by atoms with van der Waals surface area (Å²) in [7, 11) is 0. The van der Waals surface area contributed by atoms with Crippen LogP contribution in [0.3, 0.4) is 0 Å². The average Bonchev–Trinajstić information content (AvgIpc) is 2.75. The lowest BCUT2D eigenvalue weighted by Crippen LogP contribution is -1.94. The van der Waals surface area contributed by atoms with Crippen LogP contribution < -0.4 is 0 Å². The van der Waals surface area contributed by atoms with Crippen LogP contribution in [-0.2, 0) is 6.42 Å². The fraction of sp³-hybridized carbons (Fsp3) is 0.263. The summed E-state index contributed by atoms with van der Waals surface area (Å²) in [4.78, 5) is 0. The summed E-state index contributed by atoms with van der Waals surface area (Å²) in [6.07, 6.45) is 3.48. The van der Waals surface area contributed by atoms with Gasteiger partial charge in [0, 0.05) is 5.92 Å². The lowest BCUT2D eigenvalue weighted by molar-refractivity contribution is 1.00. The van der Waals surface area contributed by atoms with E-state index < -0.39 is 0 Å². The molecule has 0 heteroatoms. The molecule has 0 aromatic heterocycles. The molecule has 0 nitrogen and oxygen atoms in total. The molecule has 0 saturated heterocycles. The molecule has 0 aliphatic heterocycles. The van der Waals surface area contributed by atoms with Crippen LogP contribution in [0.15, 0.2) is 42.5 Å². The van der Waals surface area contributed by atoms with E-state index in [1.165, 1.54) is 33.4 Å². The normalized spacial score (nSPS) is 17.2. The van der Waals surface area contributed by atoms with Crippen molar-refractivity contribution >= 4 is 11.6 Å². The van der Waals surface area contributed by atoms with E-state index in [1.54, 1.807) is 0 Å². The summed E-state index contributed by atoms with van der Waals surface area (Å²) >= 11 is 0. The molecule has 2 aromatic carbocycles. The summed E-state index contributed by atoms with van der Waals surface area (Å²) in [6, 6.07) is 15.7. The Hall–Kier alpha value is -1.82. The molecule has 19 heavy (non-hydrogen) atoms. The van der Waals surface area contributed by atoms with Gasteiger partial charge in [-0.15, -0.1) is 0 Å². The number of rotatable bonds is 2. The summed E-state index contributed by atoms with van der Waals surface area (Å²) in [6.45, 7) is 6.68. The predicted molar refractivity (Wildman–Crippen MR) is 83.3 cm³/mol. The van der Waals surface area contributed by atoms with Crippen LogP contribution in [0.25, 0.3) is 11.6 Å². The lowest BCUT2D eigenvalue weighted by Gasteiger charge is -2.12. The van der Waals surface area contributed by atoms with Crippen LogP contribution in [0.4, 0.5) is 0 Å². The fourth-order valence-electron chi connectivity index (χ4n) is 2.98. The van der Waals surface area contributed by atoms with Crippen molar-refractivity contribution < 1.29 is 0 Å². The van der Waals surface area contributed by atoms with Crippen LogP contribution in [0.5, 0.6) is 0 Å². The molecule has 0 radical (unpaired) electrons. The Balaban J connectivity index is 2.06. The van der Waals surface area contributed by atoms with E-state index in [2.05, 4.69) is 69.3 Å². The van der Waals surface area contributed by atoms with E-state index in [-0.39, 0.29) is 0 Å². The lowest BCUT2D eigenvalue weighted by atomic mass is 9.92. The Morgan fingerprint density at radius 2 is 1.89 bits per heavy atom. The molecule has 2 aromatic rings. The Morgan fingerprint density at radius 3 is 2.63 bits per heavy atom. The average molecular weight is 248 g/mol. The molecule has 1 aliphatic carbocycles. The standard InChI is InChI=1S/C19H20/c1-4-15-8-9-18-14(3)19(12-17(18)11-15)16-7-5-6-13(2)10-16/h5-12,14H,4H2,1-3H3. The Labute approximate surface area is 115 Å². The molecule has 0 amide bonds. The molecule has 1 atom stereocenters. The Kier molecular flexibility index (Phi) is 3.02. The van der Waals surface area contributed by atoms with Gasteiger partial charge in [0.15, 0.2) is 0 Å². The van der Waals surface area contributed by atoms with Gasteiger partial charge in [0.2, 0.25) is 0 Å². The molecule has 96 valence electrons. The highest BCUT2D eigenvalue weighted by Gasteiger charge is 2.22. The van der Waals surface area contributed by atoms with E-state index in [0.29, 0.717) is 5.92 Å². The first-order valence-electron chi connectivity index (χ1n) is 7.10. The van der Waals surface area contributed by atoms with Crippen molar-refractivity contribution in [2.45, 2.75) is 33.1 Å². The number of aryl methyl sites for hydroxylation is 2. The van der Waals surface area contributed by atoms with Gasteiger partial charge in [-0.2, -0.15) is 0 Å². The molecule has 0 bridgehead atoms. The number of hydrogen-bond acceptors (Lipinski definition) is 0. The van der Waals surface area contributed by atoms with Gasteiger partial charge < -0.3 is 0 Å². The zero-order valence-corrected chi connectivity index (χ0v) is 11.9. The fourth-order valence-corrected chi connectivity index (χ4v) is 2.98. The second-order valence-corrected chi connectivity index (χ2v) is 5.51. The second-order valence-electron chi connectivity index (χ2n) is 5.51. The smallest absolute Gasteiger partial charge is 0.00730 e. The van der Waals surface area contributed by atoms with Crippen molar-refractivity contribution in [1.82, 2.24) is 0 Å². The molecule has 0 spiro atoms. The maximum Gasteiger partial charge on any atom is 0.00730 e. The van der Waals surface area contributed by atoms with E-state index >= 15 is 0 Å². The van der Waals surface area contributed by atoms with Crippen molar-refractivity contribution in [3.05, 3.63) is 70.3 Å². The molecule has 1 unspecified atom stereocenters. The van der Waals surface area contributed by atoms with E-state index in [4.69, 9.17) is 0 Å². The largest absolute Gasteiger partial charge is 0.0614 e. The van der Waals surface area contributed by atoms with Crippen LogP contribution in [0.1, 0.15) is 47.6 Å². The van der Waals surface area contributed by atoms with Crippen molar-refractivity contribution in [2.75, 3.05) is 0 Å². The molecule has 0 saturated carbocycles. The van der Waals surface area contributed by atoms with Gasteiger partial charge in [-0.1, -0.05) is 68.0 Å². The molecule has 0 N–H and O–H groups in total. The minimum Gasteiger partial charge on any atom is -0.0614 e. The Bertz CT molecular complexity index is 647. The number of allylic oxidation sites excluding steroid dienone is 1. The number of benzene rings is 2. The number of hydrogen-bond donors (Lipinski definition) is 0. The van der Waals surface area contributed by atoms with Crippen LogP contribution in [0, 0.1) is 6.92 Å². The van der Waals surface area contributed by atoms with Crippen molar-refractivity contribution in [2.24, 2.45) is 0 Å². The monoisotopic (exact) mass is 248 g/mol. The first-order valence-corrected chi connectivity index (χ1v) is 7.10. The van der Waals surface area contributed by atoms with Crippen molar-refractivity contribution in [1.29, 1.82) is 0 Å².